The van der Waals surface area contributed by atoms with Gasteiger partial charge in [0.2, 0.25) is 0 Å². The fourth-order valence-corrected chi connectivity index (χ4v) is 9.94. The first-order valence-corrected chi connectivity index (χ1v) is 12.4. The molecule has 0 aliphatic carbocycles. The molecule has 0 radical (unpaired) electrons. The third-order valence-corrected chi connectivity index (χ3v) is 11.3. The largest absolute Gasteiger partial charge is 0.424 e. The number of hydrogen-bond acceptors (Lipinski definition) is 5. The molecule has 12 heteroatoms. The third kappa shape index (κ3) is 3.74. The highest BCUT2D eigenvalue weighted by molar-refractivity contribution is 8.11. The smallest absolute Gasteiger partial charge is 0.205 e. The molecule has 2 heterocycles. The number of para-hydroxylation sites is 1. The minimum absolute atomic E-state index is 0.0319. The highest BCUT2D eigenvalue weighted by Crippen LogP contribution is 2.38. The van der Waals surface area contributed by atoms with Crippen molar-refractivity contribution in [2.45, 2.75) is 8.42 Å². The molecule has 5 nitrogen and oxygen atoms in total. The van der Waals surface area contributed by atoms with E-state index in [-0.39, 0.29) is 17.1 Å². The van der Waals surface area contributed by atoms with E-state index in [9.17, 15) is 17.0 Å². The van der Waals surface area contributed by atoms with Gasteiger partial charge in [0, 0.05) is 0 Å². The molecule has 1 atom stereocenters. The molecule has 3 rings (SSSR count). The summed E-state index contributed by atoms with van der Waals surface area (Å²) in [5.74, 6) is -0.879. The van der Waals surface area contributed by atoms with E-state index in [1.165, 1.54) is 42.5 Å². The summed E-state index contributed by atoms with van der Waals surface area (Å²) in [6.45, 7) is 0. The van der Waals surface area contributed by atoms with Gasteiger partial charge >= 0.3 is 10.0 Å². The molecule has 0 N–H and O–H groups in total. The van der Waals surface area contributed by atoms with Gasteiger partial charge in [0.25, 0.3) is 17.1 Å². The van der Waals surface area contributed by atoms with Crippen molar-refractivity contribution in [3.63, 3.8) is 0 Å². The number of hydrogen-bond donors (Lipinski definition) is 0. The van der Waals surface area contributed by atoms with E-state index in [1.54, 1.807) is 0 Å². The standard InChI is InChI=1S/C15H11Cl2FNO4S4/c1-23-27(22,15-9-7-13(17)25-15)19(11-5-3-2-4-10(11)18)26(20,21)14-8-6-12(16)24-14/h2-9H,1H3/q+1. The highest BCUT2D eigenvalue weighted by atomic mass is 35.5. The van der Waals surface area contributed by atoms with Crippen LogP contribution in [0.3, 0.4) is 0 Å². The second kappa shape index (κ2) is 7.69. The Morgan fingerprint density at radius 2 is 1.48 bits per heavy atom. The topological polar surface area (TPSA) is 65.8 Å². The van der Waals surface area contributed by atoms with Crippen molar-refractivity contribution in [3.8, 4) is 0 Å². The summed E-state index contributed by atoms with van der Waals surface area (Å²) in [5.41, 5.74) is -0.418. The number of thiophene rings is 2. The van der Waals surface area contributed by atoms with Gasteiger partial charge in [-0.05, 0) is 36.4 Å². The Balaban J connectivity index is 2.36. The van der Waals surface area contributed by atoms with Crippen LogP contribution in [0.5, 0.6) is 0 Å². The Labute approximate surface area is 174 Å². The lowest BCUT2D eigenvalue weighted by atomic mass is 10.3. The summed E-state index contributed by atoms with van der Waals surface area (Å²) < 4.78 is 60.8. The number of sulfonamides is 1. The second-order valence-corrected chi connectivity index (χ2v) is 13.0. The SMILES string of the molecule is C[O+]=S(=O)(c1ccc(Cl)s1)N(c1ccccc1F)S(=O)(=O)c1ccc(Cl)s1. The van der Waals surface area contributed by atoms with Crippen LogP contribution in [-0.2, 0) is 23.9 Å². The van der Waals surface area contributed by atoms with Gasteiger partial charge in [0.05, 0.1) is 8.67 Å². The van der Waals surface area contributed by atoms with Crippen LogP contribution >= 0.6 is 45.9 Å². The van der Waals surface area contributed by atoms with E-state index in [2.05, 4.69) is 0 Å². The van der Waals surface area contributed by atoms with Gasteiger partial charge in [-0.25, -0.2) is 4.39 Å². The zero-order valence-electron chi connectivity index (χ0n) is 13.5. The molecule has 0 fully saturated rings. The fraction of sp³-hybridized carbons (Fsp3) is 0.0667. The van der Waals surface area contributed by atoms with Crippen LogP contribution in [0.2, 0.25) is 8.67 Å². The van der Waals surface area contributed by atoms with Crippen LogP contribution < -0.4 is 3.71 Å². The lowest BCUT2D eigenvalue weighted by molar-refractivity contribution is 0.202. The first-order chi connectivity index (χ1) is 12.7. The number of benzene rings is 1. The number of rotatable bonds is 5. The molecule has 0 bridgehead atoms. The summed E-state index contributed by atoms with van der Waals surface area (Å²) in [4.78, 5) is 0. The van der Waals surface area contributed by atoms with Crippen LogP contribution in [0, 0.1) is 5.82 Å². The first kappa shape index (κ1) is 20.6. The average Bonchev–Trinajstić information content (AvgIpc) is 3.25. The quantitative estimate of drug-likeness (QED) is 0.464. The predicted molar refractivity (Wildman–Crippen MR) is 108 cm³/mol. The van der Waals surface area contributed by atoms with Crippen molar-refractivity contribution in [3.05, 3.63) is 63.0 Å². The molecule has 27 heavy (non-hydrogen) atoms. The van der Waals surface area contributed by atoms with Crippen molar-refractivity contribution in [2.24, 2.45) is 0 Å². The summed E-state index contributed by atoms with van der Waals surface area (Å²) >= 11 is 13.4. The van der Waals surface area contributed by atoms with Gasteiger partial charge in [-0.3, -0.25) is 0 Å². The van der Waals surface area contributed by atoms with Gasteiger partial charge in [-0.2, -0.15) is 16.5 Å². The molecule has 0 saturated carbocycles. The van der Waals surface area contributed by atoms with Crippen LogP contribution in [-0.4, -0.2) is 19.7 Å². The summed E-state index contributed by atoms with van der Waals surface area (Å²) in [6, 6.07) is 10.6. The monoisotopic (exact) mass is 486 g/mol. The van der Waals surface area contributed by atoms with Gasteiger partial charge in [-0.15, -0.1) is 26.4 Å². The van der Waals surface area contributed by atoms with Gasteiger partial charge < -0.3 is 0 Å². The Kier molecular flexibility index (Phi) is 5.85. The van der Waals surface area contributed by atoms with Crippen LogP contribution in [0.1, 0.15) is 0 Å². The maximum absolute atomic E-state index is 14.5. The molecule has 1 unspecified atom stereocenters. The molecule has 0 spiro atoms. The highest BCUT2D eigenvalue weighted by Gasteiger charge is 2.45. The average molecular weight is 487 g/mol. The maximum Gasteiger partial charge on any atom is 0.424 e. The van der Waals surface area contributed by atoms with Crippen molar-refractivity contribution >= 4 is 71.6 Å². The molecule has 144 valence electrons. The number of anilines is 1. The zero-order valence-corrected chi connectivity index (χ0v) is 18.2. The maximum atomic E-state index is 14.5. The molecule has 0 aliphatic rings. The first-order valence-electron chi connectivity index (χ1n) is 7.10. The summed E-state index contributed by atoms with van der Waals surface area (Å²) in [6.07, 6.45) is 0. The Morgan fingerprint density at radius 3 is 1.96 bits per heavy atom. The van der Waals surface area contributed by atoms with Crippen LogP contribution in [0.4, 0.5) is 10.1 Å². The molecular weight excluding hydrogens is 476 g/mol. The molecule has 3 aromatic rings. The van der Waals surface area contributed by atoms with Gasteiger partial charge in [-0.1, -0.05) is 35.3 Å². The van der Waals surface area contributed by atoms with E-state index in [0.717, 1.165) is 35.8 Å². The van der Waals surface area contributed by atoms with E-state index >= 15 is 0 Å². The molecule has 2 aromatic heterocycles. The van der Waals surface area contributed by atoms with Crippen LogP contribution in [0.25, 0.3) is 0 Å². The van der Waals surface area contributed by atoms with E-state index < -0.39 is 31.6 Å². The normalized spacial score (nSPS) is 13.9. The number of halogens is 3. The van der Waals surface area contributed by atoms with Crippen molar-refractivity contribution in [2.75, 3.05) is 10.8 Å². The van der Waals surface area contributed by atoms with Crippen molar-refractivity contribution < 1.29 is 20.9 Å². The molecule has 0 amide bonds. The minimum Gasteiger partial charge on any atom is -0.205 e. The van der Waals surface area contributed by atoms with E-state index in [1.807, 2.05) is 0 Å². The van der Waals surface area contributed by atoms with Crippen molar-refractivity contribution in [1.29, 1.82) is 0 Å². The number of nitrogens with zero attached hydrogens (tertiary/aromatic N) is 1. The molecule has 1 aromatic carbocycles. The molecular formula is C15H11Cl2FNO4S4+. The van der Waals surface area contributed by atoms with Gasteiger partial charge in [0.1, 0.15) is 15.7 Å². The van der Waals surface area contributed by atoms with Crippen molar-refractivity contribution in [1.82, 2.24) is 0 Å². The fourth-order valence-electron chi connectivity index (χ4n) is 2.17. The lowest BCUT2D eigenvalue weighted by Gasteiger charge is -2.20. The zero-order chi connectivity index (χ0) is 19.8. The predicted octanol–water partition coefficient (Wildman–Crippen LogP) is 5.22. The lowest BCUT2D eigenvalue weighted by Crippen LogP contribution is -2.37. The summed E-state index contributed by atoms with van der Waals surface area (Å²) in [5, 5.41) is 0. The Morgan fingerprint density at radius 1 is 0.926 bits per heavy atom. The van der Waals surface area contributed by atoms with E-state index in [0.29, 0.717) is 3.71 Å². The Bertz CT molecular complexity index is 1210. The van der Waals surface area contributed by atoms with E-state index in [4.69, 9.17) is 27.0 Å². The Hall–Kier alpha value is -1.17. The molecule has 0 saturated heterocycles. The van der Waals surface area contributed by atoms with Crippen LogP contribution in [0.15, 0.2) is 56.9 Å². The summed E-state index contributed by atoms with van der Waals surface area (Å²) in [7, 11) is -7.28. The minimum atomic E-state index is -4.47. The van der Waals surface area contributed by atoms with Gasteiger partial charge in [0.15, 0.2) is 4.21 Å². The molecule has 0 aliphatic heterocycles. The second-order valence-electron chi connectivity index (χ2n) is 4.94. The third-order valence-electron chi connectivity index (χ3n) is 3.32.